The van der Waals surface area contributed by atoms with Crippen molar-refractivity contribution in [2.75, 3.05) is 5.32 Å². The fraction of sp³-hybridized carbons (Fsp3) is 0.0500. The van der Waals surface area contributed by atoms with E-state index in [-0.39, 0.29) is 5.56 Å². The maximum Gasteiger partial charge on any atom is 0.335 e. The summed E-state index contributed by atoms with van der Waals surface area (Å²) in [5.41, 5.74) is 2.76. The van der Waals surface area contributed by atoms with Crippen LogP contribution in [0.15, 0.2) is 73.1 Å². The van der Waals surface area contributed by atoms with Crippen LogP contribution in [-0.2, 0) is 6.54 Å². The molecule has 0 radical (unpaired) electrons. The maximum atomic E-state index is 11.3. The van der Waals surface area contributed by atoms with E-state index in [2.05, 4.69) is 15.3 Å². The number of nitrogens with zero attached hydrogens (tertiary/aromatic N) is 3. The number of carboxylic acids is 1. The van der Waals surface area contributed by atoms with Gasteiger partial charge in [-0.15, -0.1) is 0 Å². The van der Waals surface area contributed by atoms with Crippen LogP contribution in [0.2, 0.25) is 0 Å². The number of aromatic carboxylic acids is 1. The van der Waals surface area contributed by atoms with Gasteiger partial charge < -0.3 is 10.4 Å². The number of rotatable bonds is 5. The van der Waals surface area contributed by atoms with Crippen LogP contribution in [0.1, 0.15) is 15.9 Å². The predicted molar refractivity (Wildman–Crippen MR) is 99.2 cm³/mol. The van der Waals surface area contributed by atoms with Gasteiger partial charge in [0.2, 0.25) is 5.78 Å². The lowest BCUT2D eigenvalue weighted by Crippen LogP contribution is -2.03. The Hall–Kier alpha value is -3.67. The van der Waals surface area contributed by atoms with Crippen LogP contribution < -0.4 is 5.32 Å². The van der Waals surface area contributed by atoms with Gasteiger partial charge in [-0.3, -0.25) is 4.40 Å². The van der Waals surface area contributed by atoms with Gasteiger partial charge in [0.15, 0.2) is 0 Å². The second-order valence-corrected chi connectivity index (χ2v) is 5.82. The fourth-order valence-corrected chi connectivity index (χ4v) is 2.84. The van der Waals surface area contributed by atoms with Gasteiger partial charge in [-0.05, 0) is 23.8 Å². The molecule has 6 heteroatoms. The summed E-state index contributed by atoms with van der Waals surface area (Å²) in [6, 6.07) is 18.6. The van der Waals surface area contributed by atoms with Crippen molar-refractivity contribution in [2.45, 2.75) is 6.54 Å². The molecule has 0 amide bonds. The third kappa shape index (κ3) is 3.00. The SMILES string of the molecule is O=C(O)c1cccc(-c2nc3ncccn3c2NCc2ccccc2)c1. The van der Waals surface area contributed by atoms with Gasteiger partial charge in [0.05, 0.1) is 5.56 Å². The molecule has 0 saturated heterocycles. The molecule has 4 rings (SSSR count). The van der Waals surface area contributed by atoms with Crippen molar-refractivity contribution in [3.8, 4) is 11.3 Å². The Bertz CT molecular complexity index is 1070. The second-order valence-electron chi connectivity index (χ2n) is 5.82. The molecule has 0 aliphatic heterocycles. The largest absolute Gasteiger partial charge is 0.478 e. The van der Waals surface area contributed by atoms with Crippen molar-refractivity contribution in [3.05, 3.63) is 84.2 Å². The van der Waals surface area contributed by atoms with Crippen molar-refractivity contribution in [3.63, 3.8) is 0 Å². The van der Waals surface area contributed by atoms with E-state index in [1.807, 2.05) is 53.1 Å². The first kappa shape index (κ1) is 15.8. The molecule has 0 fully saturated rings. The average Bonchev–Trinajstić information content (AvgIpc) is 3.06. The van der Waals surface area contributed by atoms with Crippen LogP contribution in [-0.4, -0.2) is 25.4 Å². The Morgan fingerprint density at radius 1 is 1.08 bits per heavy atom. The summed E-state index contributed by atoms with van der Waals surface area (Å²) in [7, 11) is 0. The molecule has 2 aromatic carbocycles. The lowest BCUT2D eigenvalue weighted by molar-refractivity contribution is 0.0697. The van der Waals surface area contributed by atoms with Crippen LogP contribution in [0.3, 0.4) is 0 Å². The molecular formula is C20H16N4O2. The van der Waals surface area contributed by atoms with Gasteiger partial charge in [0, 0.05) is 24.5 Å². The van der Waals surface area contributed by atoms with E-state index in [0.29, 0.717) is 18.0 Å². The zero-order valence-electron chi connectivity index (χ0n) is 13.8. The lowest BCUT2D eigenvalue weighted by atomic mass is 10.1. The summed E-state index contributed by atoms with van der Waals surface area (Å²) in [6.45, 7) is 0.620. The number of nitrogens with one attached hydrogen (secondary N) is 1. The first-order chi connectivity index (χ1) is 12.7. The molecule has 0 aliphatic carbocycles. The number of imidazole rings is 1. The Balaban J connectivity index is 1.79. The molecule has 0 saturated carbocycles. The normalized spacial score (nSPS) is 10.8. The van der Waals surface area contributed by atoms with Crippen molar-refractivity contribution in [1.29, 1.82) is 0 Å². The van der Waals surface area contributed by atoms with E-state index in [1.54, 1.807) is 24.4 Å². The minimum Gasteiger partial charge on any atom is -0.478 e. The Labute approximate surface area is 149 Å². The third-order valence-electron chi connectivity index (χ3n) is 4.09. The van der Waals surface area contributed by atoms with E-state index >= 15 is 0 Å². The van der Waals surface area contributed by atoms with Crippen LogP contribution in [0.4, 0.5) is 5.82 Å². The van der Waals surface area contributed by atoms with Crippen molar-refractivity contribution < 1.29 is 9.90 Å². The van der Waals surface area contributed by atoms with E-state index in [4.69, 9.17) is 0 Å². The Kier molecular flexibility index (Phi) is 4.07. The number of hydrogen-bond acceptors (Lipinski definition) is 4. The van der Waals surface area contributed by atoms with E-state index in [0.717, 1.165) is 16.9 Å². The highest BCUT2D eigenvalue weighted by Gasteiger charge is 2.16. The molecule has 0 bridgehead atoms. The highest BCUT2D eigenvalue weighted by Crippen LogP contribution is 2.29. The number of carboxylic acid groups (broad SMARTS) is 1. The quantitative estimate of drug-likeness (QED) is 0.577. The summed E-state index contributed by atoms with van der Waals surface area (Å²) in [5.74, 6) is 0.366. The summed E-state index contributed by atoms with van der Waals surface area (Å²) < 4.78 is 1.87. The van der Waals surface area contributed by atoms with Crippen LogP contribution in [0.5, 0.6) is 0 Å². The van der Waals surface area contributed by atoms with Gasteiger partial charge in [0.25, 0.3) is 0 Å². The molecule has 2 aromatic heterocycles. The van der Waals surface area contributed by atoms with Gasteiger partial charge in [-0.25, -0.2) is 14.8 Å². The number of hydrogen-bond donors (Lipinski definition) is 2. The number of aromatic nitrogens is 3. The number of fused-ring (bicyclic) bond motifs is 1. The number of anilines is 1. The zero-order valence-corrected chi connectivity index (χ0v) is 13.8. The second kappa shape index (κ2) is 6.68. The molecule has 0 aliphatic rings. The monoisotopic (exact) mass is 344 g/mol. The Morgan fingerprint density at radius 2 is 1.92 bits per heavy atom. The first-order valence-electron chi connectivity index (χ1n) is 8.17. The van der Waals surface area contributed by atoms with Crippen LogP contribution >= 0.6 is 0 Å². The molecule has 0 unspecified atom stereocenters. The van der Waals surface area contributed by atoms with E-state index < -0.39 is 5.97 Å². The molecule has 0 atom stereocenters. The fourth-order valence-electron chi connectivity index (χ4n) is 2.84. The maximum absolute atomic E-state index is 11.3. The van der Waals surface area contributed by atoms with Crippen LogP contribution in [0, 0.1) is 0 Å². The van der Waals surface area contributed by atoms with Crippen molar-refractivity contribution in [2.24, 2.45) is 0 Å². The molecule has 128 valence electrons. The van der Waals surface area contributed by atoms with Gasteiger partial charge in [-0.1, -0.05) is 42.5 Å². The van der Waals surface area contributed by atoms with E-state index in [1.165, 1.54) is 0 Å². The standard InChI is InChI=1S/C20H16N4O2/c25-19(26)16-9-4-8-15(12-16)17-18(22-13-14-6-2-1-3-7-14)24-11-5-10-21-20(24)23-17/h1-12,22H,13H2,(H,25,26). The van der Waals surface area contributed by atoms with Gasteiger partial charge >= 0.3 is 5.97 Å². The molecule has 2 heterocycles. The summed E-state index contributed by atoms with van der Waals surface area (Å²) in [6.07, 6.45) is 3.56. The third-order valence-corrected chi connectivity index (χ3v) is 4.09. The molecular weight excluding hydrogens is 328 g/mol. The van der Waals surface area contributed by atoms with Gasteiger partial charge in [-0.2, -0.15) is 0 Å². The van der Waals surface area contributed by atoms with Crippen molar-refractivity contribution >= 4 is 17.6 Å². The zero-order chi connectivity index (χ0) is 17.9. The average molecular weight is 344 g/mol. The van der Waals surface area contributed by atoms with Crippen molar-refractivity contribution in [1.82, 2.24) is 14.4 Å². The lowest BCUT2D eigenvalue weighted by Gasteiger charge is -2.09. The highest BCUT2D eigenvalue weighted by atomic mass is 16.4. The molecule has 26 heavy (non-hydrogen) atoms. The van der Waals surface area contributed by atoms with Crippen LogP contribution in [0.25, 0.3) is 17.0 Å². The smallest absolute Gasteiger partial charge is 0.335 e. The van der Waals surface area contributed by atoms with E-state index in [9.17, 15) is 9.90 Å². The summed E-state index contributed by atoms with van der Waals surface area (Å²) >= 11 is 0. The summed E-state index contributed by atoms with van der Waals surface area (Å²) in [5, 5.41) is 12.7. The predicted octanol–water partition coefficient (Wildman–Crippen LogP) is 3.71. The molecule has 2 N–H and O–H groups in total. The highest BCUT2D eigenvalue weighted by molar-refractivity contribution is 5.90. The molecule has 4 aromatic rings. The topological polar surface area (TPSA) is 79.5 Å². The first-order valence-corrected chi connectivity index (χ1v) is 8.17. The minimum atomic E-state index is -0.965. The summed E-state index contributed by atoms with van der Waals surface area (Å²) in [4.78, 5) is 20.2. The molecule has 0 spiro atoms. The van der Waals surface area contributed by atoms with Gasteiger partial charge in [0.1, 0.15) is 11.5 Å². The number of benzene rings is 2. The minimum absolute atomic E-state index is 0.224. The molecule has 6 nitrogen and oxygen atoms in total. The number of carbonyl (C=O) groups is 1. The Morgan fingerprint density at radius 3 is 2.73 bits per heavy atom.